The van der Waals surface area contributed by atoms with Crippen LogP contribution in [-0.4, -0.2) is 32.3 Å². The molecule has 0 bridgehead atoms. The normalized spacial score (nSPS) is 13.1. The Balaban J connectivity index is 2.06. The summed E-state index contributed by atoms with van der Waals surface area (Å²) in [6, 6.07) is 0.356. The van der Waals surface area contributed by atoms with Crippen LogP contribution in [0.4, 0.5) is 0 Å². The number of nitrogens with one attached hydrogen (secondary N) is 1. The van der Waals surface area contributed by atoms with Crippen molar-refractivity contribution < 1.29 is 4.52 Å². The molecule has 20 heavy (non-hydrogen) atoms. The maximum absolute atomic E-state index is 5.36. The highest BCUT2D eigenvalue weighted by Crippen LogP contribution is 2.16. The Morgan fingerprint density at radius 3 is 2.80 bits per heavy atom. The lowest BCUT2D eigenvalue weighted by molar-refractivity contribution is 0.326. The number of aromatic nitrogens is 4. The summed E-state index contributed by atoms with van der Waals surface area (Å²) in [4.78, 5) is 8.53. The molecular weight excluding hydrogens is 254 g/mol. The van der Waals surface area contributed by atoms with E-state index in [1.165, 1.54) is 0 Å². The lowest BCUT2D eigenvalue weighted by Crippen LogP contribution is -2.36. The van der Waals surface area contributed by atoms with Crippen molar-refractivity contribution in [2.75, 3.05) is 6.54 Å². The molecule has 0 amide bonds. The molecule has 2 rings (SSSR count). The van der Waals surface area contributed by atoms with E-state index in [2.05, 4.69) is 41.2 Å². The summed E-state index contributed by atoms with van der Waals surface area (Å²) in [5, 5.41) is 7.56. The Kier molecular flexibility index (Phi) is 4.89. The molecule has 0 saturated carbocycles. The molecule has 0 aliphatic carbocycles. The van der Waals surface area contributed by atoms with Crippen LogP contribution in [0.1, 0.15) is 33.1 Å². The molecule has 110 valence electrons. The van der Waals surface area contributed by atoms with E-state index >= 15 is 0 Å². The average Bonchev–Trinajstić information content (AvgIpc) is 3.02. The van der Waals surface area contributed by atoms with Gasteiger partial charge in [-0.05, 0) is 18.9 Å². The van der Waals surface area contributed by atoms with Gasteiger partial charge in [0, 0.05) is 19.5 Å². The van der Waals surface area contributed by atoms with E-state index < -0.39 is 0 Å². The Hall–Kier alpha value is -1.69. The summed E-state index contributed by atoms with van der Waals surface area (Å²) in [5.41, 5.74) is 0.864. The summed E-state index contributed by atoms with van der Waals surface area (Å²) in [6.07, 6.45) is 5.34. The maximum atomic E-state index is 5.36. The van der Waals surface area contributed by atoms with Crippen LogP contribution in [-0.2, 0) is 13.5 Å². The SMILES string of the molecule is CCCNC(Cc1nc(-c2cncn2C)no1)C(C)C. The van der Waals surface area contributed by atoms with Gasteiger partial charge in [-0.1, -0.05) is 25.9 Å². The first kappa shape index (κ1) is 14.7. The number of nitrogens with zero attached hydrogens (tertiary/aromatic N) is 4. The van der Waals surface area contributed by atoms with E-state index in [0.29, 0.717) is 23.7 Å². The van der Waals surface area contributed by atoms with E-state index in [1.54, 1.807) is 12.5 Å². The standard InChI is InChI=1S/C14H23N5O/c1-5-6-16-11(10(2)3)7-13-17-14(18-20-13)12-8-15-9-19(12)4/h8-11,16H,5-7H2,1-4H3. The maximum Gasteiger partial charge on any atom is 0.228 e. The highest BCUT2D eigenvalue weighted by Gasteiger charge is 2.18. The van der Waals surface area contributed by atoms with Gasteiger partial charge < -0.3 is 14.4 Å². The first-order valence-corrected chi connectivity index (χ1v) is 7.14. The average molecular weight is 277 g/mol. The van der Waals surface area contributed by atoms with Crippen LogP contribution >= 0.6 is 0 Å². The Morgan fingerprint density at radius 1 is 1.40 bits per heavy atom. The molecule has 0 aliphatic rings. The quantitative estimate of drug-likeness (QED) is 0.838. The third-order valence-electron chi connectivity index (χ3n) is 3.37. The molecule has 1 N–H and O–H groups in total. The van der Waals surface area contributed by atoms with Crippen molar-refractivity contribution in [3.05, 3.63) is 18.4 Å². The number of hydrogen-bond acceptors (Lipinski definition) is 5. The van der Waals surface area contributed by atoms with Crippen LogP contribution in [0.5, 0.6) is 0 Å². The molecule has 2 heterocycles. The molecule has 0 radical (unpaired) electrons. The predicted molar refractivity (Wildman–Crippen MR) is 77.1 cm³/mol. The summed E-state index contributed by atoms with van der Waals surface area (Å²) in [6.45, 7) is 7.57. The fourth-order valence-electron chi connectivity index (χ4n) is 2.08. The van der Waals surface area contributed by atoms with Gasteiger partial charge in [-0.15, -0.1) is 0 Å². The second kappa shape index (κ2) is 6.65. The smallest absolute Gasteiger partial charge is 0.228 e. The van der Waals surface area contributed by atoms with Crippen LogP contribution in [0.25, 0.3) is 11.5 Å². The summed E-state index contributed by atoms with van der Waals surface area (Å²) in [7, 11) is 1.91. The molecule has 2 aromatic heterocycles. The molecule has 1 unspecified atom stereocenters. The van der Waals surface area contributed by atoms with Gasteiger partial charge in [0.15, 0.2) is 0 Å². The lowest BCUT2D eigenvalue weighted by atomic mass is 10.0. The zero-order valence-electron chi connectivity index (χ0n) is 12.6. The van der Waals surface area contributed by atoms with Gasteiger partial charge in [0.25, 0.3) is 0 Å². The minimum absolute atomic E-state index is 0.356. The summed E-state index contributed by atoms with van der Waals surface area (Å²) < 4.78 is 7.24. The largest absolute Gasteiger partial charge is 0.339 e. The third-order valence-corrected chi connectivity index (χ3v) is 3.37. The minimum Gasteiger partial charge on any atom is -0.339 e. The molecule has 2 aromatic rings. The predicted octanol–water partition coefficient (Wildman–Crippen LogP) is 2.04. The van der Waals surface area contributed by atoms with Gasteiger partial charge in [0.2, 0.25) is 11.7 Å². The van der Waals surface area contributed by atoms with Crippen molar-refractivity contribution in [2.24, 2.45) is 13.0 Å². The molecule has 0 saturated heterocycles. The second-order valence-corrected chi connectivity index (χ2v) is 5.41. The topological polar surface area (TPSA) is 68.8 Å². The van der Waals surface area contributed by atoms with Gasteiger partial charge in [-0.3, -0.25) is 0 Å². The van der Waals surface area contributed by atoms with E-state index in [4.69, 9.17) is 4.52 Å². The number of hydrogen-bond donors (Lipinski definition) is 1. The van der Waals surface area contributed by atoms with E-state index in [-0.39, 0.29) is 0 Å². The highest BCUT2D eigenvalue weighted by molar-refractivity contribution is 5.46. The fraction of sp³-hybridized carbons (Fsp3) is 0.643. The van der Waals surface area contributed by atoms with Crippen LogP contribution in [0.2, 0.25) is 0 Å². The van der Waals surface area contributed by atoms with Crippen molar-refractivity contribution in [3.8, 4) is 11.5 Å². The van der Waals surface area contributed by atoms with Crippen molar-refractivity contribution in [1.82, 2.24) is 25.0 Å². The minimum atomic E-state index is 0.356. The summed E-state index contributed by atoms with van der Waals surface area (Å²) >= 11 is 0. The van der Waals surface area contributed by atoms with Crippen molar-refractivity contribution >= 4 is 0 Å². The molecule has 0 fully saturated rings. The third kappa shape index (κ3) is 3.45. The van der Waals surface area contributed by atoms with Crippen molar-refractivity contribution in [2.45, 2.75) is 39.7 Å². The van der Waals surface area contributed by atoms with Crippen LogP contribution in [0, 0.1) is 5.92 Å². The monoisotopic (exact) mass is 277 g/mol. The molecule has 6 heteroatoms. The Bertz CT molecular complexity index is 531. The molecular formula is C14H23N5O. The Labute approximate surface area is 119 Å². The summed E-state index contributed by atoms with van der Waals surface area (Å²) in [5.74, 6) is 1.79. The number of imidazole rings is 1. The number of aryl methyl sites for hydroxylation is 1. The van der Waals surface area contributed by atoms with Gasteiger partial charge in [0.05, 0.1) is 12.5 Å². The Morgan fingerprint density at radius 2 is 2.20 bits per heavy atom. The first-order chi connectivity index (χ1) is 9.61. The molecule has 0 spiro atoms. The van der Waals surface area contributed by atoms with Crippen LogP contribution in [0.3, 0.4) is 0 Å². The lowest BCUT2D eigenvalue weighted by Gasteiger charge is -2.20. The van der Waals surface area contributed by atoms with Gasteiger partial charge in [0.1, 0.15) is 5.69 Å². The van der Waals surface area contributed by atoms with Crippen LogP contribution in [0.15, 0.2) is 17.0 Å². The van der Waals surface area contributed by atoms with E-state index in [9.17, 15) is 0 Å². The molecule has 1 atom stereocenters. The van der Waals surface area contributed by atoms with E-state index in [0.717, 1.165) is 25.1 Å². The molecule has 0 aromatic carbocycles. The van der Waals surface area contributed by atoms with Crippen LogP contribution < -0.4 is 5.32 Å². The van der Waals surface area contributed by atoms with Crippen molar-refractivity contribution in [3.63, 3.8) is 0 Å². The number of rotatable bonds is 7. The first-order valence-electron chi connectivity index (χ1n) is 7.14. The van der Waals surface area contributed by atoms with Gasteiger partial charge >= 0.3 is 0 Å². The van der Waals surface area contributed by atoms with E-state index in [1.807, 2.05) is 11.6 Å². The molecule has 6 nitrogen and oxygen atoms in total. The van der Waals surface area contributed by atoms with Gasteiger partial charge in [-0.2, -0.15) is 4.98 Å². The zero-order chi connectivity index (χ0) is 14.5. The molecule has 0 aliphatic heterocycles. The highest BCUT2D eigenvalue weighted by atomic mass is 16.5. The second-order valence-electron chi connectivity index (χ2n) is 5.41. The zero-order valence-corrected chi connectivity index (χ0v) is 12.6. The fourth-order valence-corrected chi connectivity index (χ4v) is 2.08. The van der Waals surface area contributed by atoms with Crippen molar-refractivity contribution in [1.29, 1.82) is 0 Å². The van der Waals surface area contributed by atoms with Gasteiger partial charge in [-0.25, -0.2) is 4.98 Å².